The van der Waals surface area contributed by atoms with Gasteiger partial charge in [-0.3, -0.25) is 14.5 Å². The largest absolute Gasteiger partial charge is 0.384 e. The number of Topliss-reactive ketones (excluding diaryl/α,β-unsaturated/α-hetero) is 1. The quantitative estimate of drug-likeness (QED) is 0.237. The number of nitrogens with zero attached hydrogens (tertiary/aromatic N) is 5. The van der Waals surface area contributed by atoms with Gasteiger partial charge in [0.05, 0.1) is 29.0 Å². The van der Waals surface area contributed by atoms with Crippen molar-refractivity contribution in [2.75, 3.05) is 16.0 Å². The van der Waals surface area contributed by atoms with E-state index in [1.54, 1.807) is 16.2 Å². The van der Waals surface area contributed by atoms with Gasteiger partial charge < -0.3 is 11.1 Å². The molecule has 2 aliphatic rings. The summed E-state index contributed by atoms with van der Waals surface area (Å²) in [5.41, 5.74) is 10.1. The number of nitrogens with one attached hydrogen (secondary N) is 1. The molecule has 6 rings (SSSR count). The van der Waals surface area contributed by atoms with E-state index in [9.17, 15) is 14.9 Å². The van der Waals surface area contributed by atoms with Crippen molar-refractivity contribution in [1.82, 2.24) is 15.2 Å². The van der Waals surface area contributed by atoms with E-state index >= 15 is 0 Å². The van der Waals surface area contributed by atoms with Crippen LogP contribution in [0.4, 0.5) is 10.3 Å². The molecule has 1 aliphatic heterocycles. The maximum absolute atomic E-state index is 13.2. The van der Waals surface area contributed by atoms with E-state index in [0.29, 0.717) is 45.0 Å². The Morgan fingerprint density at radius 1 is 1.20 bits per heavy atom. The lowest BCUT2D eigenvalue weighted by atomic mass is 9.78. The second kappa shape index (κ2) is 11.6. The number of ketones is 1. The molecular formula is C28H23N7O2S4. The molecule has 1 amide bonds. The summed E-state index contributed by atoms with van der Waals surface area (Å²) in [5, 5.41) is 24.5. The van der Waals surface area contributed by atoms with Gasteiger partial charge in [0.25, 0.3) is 0 Å². The average Bonchev–Trinajstić information content (AvgIpc) is 3.74. The highest BCUT2D eigenvalue weighted by Crippen LogP contribution is 2.48. The minimum absolute atomic E-state index is 0.0287. The zero-order valence-electron chi connectivity index (χ0n) is 21.8. The Morgan fingerprint density at radius 2 is 2.02 bits per heavy atom. The van der Waals surface area contributed by atoms with Crippen LogP contribution in [0.1, 0.15) is 34.9 Å². The van der Waals surface area contributed by atoms with Crippen molar-refractivity contribution in [3.05, 3.63) is 80.3 Å². The highest BCUT2D eigenvalue weighted by molar-refractivity contribution is 8.01. The zero-order valence-corrected chi connectivity index (χ0v) is 25.1. The molecule has 0 saturated carbocycles. The minimum Gasteiger partial charge on any atom is -0.384 e. The van der Waals surface area contributed by atoms with Crippen LogP contribution >= 0.6 is 45.8 Å². The number of thiophene rings is 1. The number of rotatable bonds is 7. The molecule has 1 aromatic carbocycles. The van der Waals surface area contributed by atoms with Crippen molar-refractivity contribution < 1.29 is 9.59 Å². The number of anilines is 2. The third-order valence-corrected chi connectivity index (χ3v) is 10.6. The van der Waals surface area contributed by atoms with Crippen molar-refractivity contribution in [1.29, 1.82) is 5.26 Å². The maximum atomic E-state index is 13.2. The first-order chi connectivity index (χ1) is 19.9. The van der Waals surface area contributed by atoms with E-state index in [2.05, 4.69) is 26.6 Å². The molecule has 1 aliphatic carbocycles. The van der Waals surface area contributed by atoms with Gasteiger partial charge in [0.1, 0.15) is 5.82 Å². The number of aromatic nitrogens is 3. The second-order valence-electron chi connectivity index (χ2n) is 9.36. The fourth-order valence-corrected chi connectivity index (χ4v) is 8.32. The van der Waals surface area contributed by atoms with Crippen molar-refractivity contribution in [3.63, 3.8) is 0 Å². The lowest BCUT2D eigenvalue weighted by Crippen LogP contribution is -2.38. The molecule has 4 heterocycles. The molecule has 0 saturated heterocycles. The Hall–Kier alpha value is -3.83. The highest BCUT2D eigenvalue weighted by atomic mass is 32.2. The van der Waals surface area contributed by atoms with Gasteiger partial charge in [0.2, 0.25) is 11.0 Å². The van der Waals surface area contributed by atoms with E-state index < -0.39 is 5.92 Å². The fraction of sp³-hybridized carbons (Fsp3) is 0.214. The van der Waals surface area contributed by atoms with Crippen LogP contribution in [0, 0.1) is 18.3 Å². The maximum Gasteiger partial charge on any atom is 0.236 e. The number of allylic oxidation sites excluding steroid dienone is 3. The van der Waals surface area contributed by atoms with Crippen molar-refractivity contribution >= 4 is 67.7 Å². The lowest BCUT2D eigenvalue weighted by Gasteiger charge is -2.37. The Balaban J connectivity index is 1.20. The smallest absolute Gasteiger partial charge is 0.236 e. The summed E-state index contributed by atoms with van der Waals surface area (Å²) in [6.45, 7) is 2.00. The number of amides is 1. The molecule has 0 fully saturated rings. The van der Waals surface area contributed by atoms with Gasteiger partial charge in [0.15, 0.2) is 15.3 Å². The summed E-state index contributed by atoms with van der Waals surface area (Å²) >= 11 is 5.46. The third-order valence-electron chi connectivity index (χ3n) is 6.69. The second-order valence-corrected chi connectivity index (χ2v) is 13.7. The highest BCUT2D eigenvalue weighted by Gasteiger charge is 2.41. The first-order valence-corrected chi connectivity index (χ1v) is 16.2. The van der Waals surface area contributed by atoms with Crippen LogP contribution in [-0.2, 0) is 9.59 Å². The number of hydrogen-bond acceptors (Lipinski definition) is 12. The Bertz CT molecular complexity index is 1750. The first-order valence-electron chi connectivity index (χ1n) is 12.7. The number of benzene rings is 1. The molecule has 0 radical (unpaired) electrons. The predicted octanol–water partition coefficient (Wildman–Crippen LogP) is 6.07. The topological polar surface area (TPSA) is 138 Å². The van der Waals surface area contributed by atoms with Crippen LogP contribution in [-0.4, -0.2) is 32.6 Å². The number of nitriles is 1. The monoisotopic (exact) mass is 617 g/mol. The van der Waals surface area contributed by atoms with Crippen molar-refractivity contribution in [2.24, 2.45) is 5.73 Å². The van der Waals surface area contributed by atoms with Crippen LogP contribution < -0.4 is 16.0 Å². The molecule has 3 N–H and O–H groups in total. The van der Waals surface area contributed by atoms with E-state index in [1.165, 1.54) is 34.4 Å². The van der Waals surface area contributed by atoms with Crippen LogP contribution in [0.2, 0.25) is 0 Å². The van der Waals surface area contributed by atoms with Gasteiger partial charge in [-0.05, 0) is 31.9 Å². The molecule has 1 atom stereocenters. The van der Waals surface area contributed by atoms with Gasteiger partial charge in [0, 0.05) is 38.4 Å². The zero-order chi connectivity index (χ0) is 28.5. The fourth-order valence-electron chi connectivity index (χ4n) is 4.90. The summed E-state index contributed by atoms with van der Waals surface area (Å²) in [7, 11) is 0. The van der Waals surface area contributed by atoms with Crippen LogP contribution in [0.25, 0.3) is 11.3 Å². The standard InChI is InChI=1S/C28H23N7O2S4/c1-15-10-11-21(40-15)23-17(12-29)25(30)35(19-8-5-9-20(36)24(19)23)27-33-34-28(41-27)39-14-22(37)32-26-31-18(13-38-26)16-6-3-2-4-7-16/h2-4,6-7,10-11,13,23H,5,8-9,14,30H2,1H3,(H,31,32,37). The predicted molar refractivity (Wildman–Crippen MR) is 164 cm³/mol. The summed E-state index contributed by atoms with van der Waals surface area (Å²) in [6, 6.07) is 16.0. The van der Waals surface area contributed by atoms with Crippen LogP contribution in [0.15, 0.2) is 74.8 Å². The number of carbonyl (C=O) groups is 2. The van der Waals surface area contributed by atoms with Gasteiger partial charge in [-0.15, -0.1) is 32.9 Å². The van der Waals surface area contributed by atoms with Gasteiger partial charge in [-0.25, -0.2) is 4.98 Å². The summed E-state index contributed by atoms with van der Waals surface area (Å²) < 4.78 is 0.575. The number of carbonyl (C=O) groups excluding carboxylic acids is 2. The van der Waals surface area contributed by atoms with E-state index in [-0.39, 0.29) is 23.3 Å². The normalized spacial score (nSPS) is 17.0. The van der Waals surface area contributed by atoms with Crippen molar-refractivity contribution in [3.8, 4) is 17.3 Å². The number of hydrogen-bond donors (Lipinski definition) is 2. The molecule has 4 aromatic rings. The van der Waals surface area contributed by atoms with E-state index in [0.717, 1.165) is 26.7 Å². The van der Waals surface area contributed by atoms with Crippen molar-refractivity contribution in [2.45, 2.75) is 36.4 Å². The Morgan fingerprint density at radius 3 is 2.78 bits per heavy atom. The number of thioether (sulfide) groups is 1. The molecule has 0 spiro atoms. The lowest BCUT2D eigenvalue weighted by molar-refractivity contribution is -0.116. The minimum atomic E-state index is -0.475. The Kier molecular flexibility index (Phi) is 7.72. The molecule has 13 heteroatoms. The summed E-state index contributed by atoms with van der Waals surface area (Å²) in [6.07, 6.45) is 1.78. The van der Waals surface area contributed by atoms with Crippen LogP contribution in [0.3, 0.4) is 0 Å². The van der Waals surface area contributed by atoms with E-state index in [1.807, 2.05) is 54.8 Å². The summed E-state index contributed by atoms with van der Waals surface area (Å²) in [5.74, 6) is -0.268. The molecule has 41 heavy (non-hydrogen) atoms. The third kappa shape index (κ3) is 5.43. The Labute approximate surface area is 252 Å². The number of thiazole rings is 1. The summed E-state index contributed by atoms with van der Waals surface area (Å²) in [4.78, 5) is 34.1. The van der Waals surface area contributed by atoms with Gasteiger partial charge >= 0.3 is 0 Å². The molecule has 1 unspecified atom stereocenters. The molecule has 9 nitrogen and oxygen atoms in total. The SMILES string of the molecule is Cc1ccc(C2C(C#N)=C(N)N(c3nnc(SCC(=O)Nc4nc(-c5ccccc5)cs4)s3)C3=C2C(=O)CCC3)s1. The average molecular weight is 618 g/mol. The molecule has 206 valence electrons. The molecule has 0 bridgehead atoms. The molecular weight excluding hydrogens is 595 g/mol. The first kappa shape index (κ1) is 27.3. The molecule has 3 aromatic heterocycles. The number of nitrogens with two attached hydrogens (primary N) is 1. The van der Waals surface area contributed by atoms with E-state index in [4.69, 9.17) is 5.73 Å². The van der Waals surface area contributed by atoms with Gasteiger partial charge in [-0.1, -0.05) is 53.4 Å². The van der Waals surface area contributed by atoms with Crippen LogP contribution in [0.5, 0.6) is 0 Å². The number of aryl methyl sites for hydroxylation is 1. The van der Waals surface area contributed by atoms with Gasteiger partial charge in [-0.2, -0.15) is 5.26 Å².